The van der Waals surface area contributed by atoms with Crippen LogP contribution < -0.4 is 4.74 Å². The van der Waals surface area contributed by atoms with Crippen molar-refractivity contribution in [3.05, 3.63) is 78.1 Å². The summed E-state index contributed by atoms with van der Waals surface area (Å²) < 4.78 is 24.0. The lowest BCUT2D eigenvalue weighted by molar-refractivity contribution is -0.134. The zero-order valence-electron chi connectivity index (χ0n) is 14.3. The molecule has 0 atom stereocenters. The van der Waals surface area contributed by atoms with E-state index in [0.717, 1.165) is 16.4 Å². The summed E-state index contributed by atoms with van der Waals surface area (Å²) >= 11 is 0. The molecule has 0 bridgehead atoms. The number of hydrogen-bond acceptors (Lipinski definition) is 4. The number of fused-ring (bicyclic) bond motifs is 3. The third kappa shape index (κ3) is 3.58. The molecule has 0 aliphatic heterocycles. The Morgan fingerprint density at radius 2 is 1.59 bits per heavy atom. The van der Waals surface area contributed by atoms with Gasteiger partial charge in [-0.1, -0.05) is 18.2 Å². The van der Waals surface area contributed by atoms with Gasteiger partial charge in [0, 0.05) is 22.8 Å². The van der Waals surface area contributed by atoms with Crippen LogP contribution in [0.15, 0.2) is 71.1 Å². The van der Waals surface area contributed by atoms with Gasteiger partial charge in [-0.05, 0) is 48.5 Å². The molecule has 0 spiro atoms. The molecule has 4 rings (SSSR count). The minimum Gasteiger partial charge on any atom is -0.456 e. The first-order valence-corrected chi connectivity index (χ1v) is 8.51. The highest BCUT2D eigenvalue weighted by atomic mass is 19.1. The standard InChI is InChI=1S/C22H15FO4/c23-15-7-5-14(6-8-15)19(24)10-12-22(25)26-16-9-11-21-18(13-16)17-3-1-2-4-20(17)27-21/h1-9,11,13H,10,12H2. The maximum absolute atomic E-state index is 12.9. The summed E-state index contributed by atoms with van der Waals surface area (Å²) in [5.41, 5.74) is 1.85. The summed E-state index contributed by atoms with van der Waals surface area (Å²) in [5, 5.41) is 1.80. The van der Waals surface area contributed by atoms with Crippen LogP contribution in [-0.4, -0.2) is 11.8 Å². The van der Waals surface area contributed by atoms with Gasteiger partial charge in [-0.25, -0.2) is 4.39 Å². The van der Waals surface area contributed by atoms with E-state index in [4.69, 9.17) is 9.15 Å². The number of Topliss-reactive ketones (excluding diaryl/α,β-unsaturated/α-hetero) is 1. The average Bonchev–Trinajstić information content (AvgIpc) is 3.05. The Kier molecular flexibility index (Phi) is 4.42. The molecule has 4 aromatic rings. The Labute approximate surface area is 154 Å². The van der Waals surface area contributed by atoms with Crippen molar-refractivity contribution in [2.75, 3.05) is 0 Å². The van der Waals surface area contributed by atoms with Gasteiger partial charge in [-0.2, -0.15) is 0 Å². The molecule has 134 valence electrons. The molecule has 0 saturated heterocycles. The van der Waals surface area contributed by atoms with E-state index in [1.54, 1.807) is 18.2 Å². The number of carbonyl (C=O) groups excluding carboxylic acids is 2. The van der Waals surface area contributed by atoms with Gasteiger partial charge in [0.15, 0.2) is 5.78 Å². The van der Waals surface area contributed by atoms with Crippen molar-refractivity contribution in [3.8, 4) is 5.75 Å². The van der Waals surface area contributed by atoms with Crippen molar-refractivity contribution in [1.82, 2.24) is 0 Å². The summed E-state index contributed by atoms with van der Waals surface area (Å²) in [6, 6.07) is 18.0. The molecule has 0 saturated carbocycles. The quantitative estimate of drug-likeness (QED) is 0.275. The van der Waals surface area contributed by atoms with E-state index in [1.165, 1.54) is 24.3 Å². The molecule has 0 radical (unpaired) electrons. The van der Waals surface area contributed by atoms with Crippen LogP contribution in [0.4, 0.5) is 4.39 Å². The molecule has 0 unspecified atom stereocenters. The number of halogens is 1. The van der Waals surface area contributed by atoms with Crippen molar-refractivity contribution in [3.63, 3.8) is 0 Å². The second-order valence-electron chi connectivity index (χ2n) is 6.16. The molecule has 0 amide bonds. The predicted molar refractivity (Wildman–Crippen MR) is 99.3 cm³/mol. The first-order chi connectivity index (χ1) is 13.1. The number of rotatable bonds is 5. The first-order valence-electron chi connectivity index (χ1n) is 8.51. The van der Waals surface area contributed by atoms with Crippen molar-refractivity contribution in [2.24, 2.45) is 0 Å². The number of benzene rings is 3. The fraction of sp³-hybridized carbons (Fsp3) is 0.0909. The second kappa shape index (κ2) is 7.03. The van der Waals surface area contributed by atoms with E-state index in [2.05, 4.69) is 0 Å². The van der Waals surface area contributed by atoms with Gasteiger partial charge in [0.1, 0.15) is 22.7 Å². The Morgan fingerprint density at radius 3 is 2.41 bits per heavy atom. The van der Waals surface area contributed by atoms with E-state index in [1.807, 2.05) is 24.3 Å². The van der Waals surface area contributed by atoms with E-state index in [-0.39, 0.29) is 18.6 Å². The van der Waals surface area contributed by atoms with Crippen LogP contribution in [0, 0.1) is 5.82 Å². The zero-order valence-corrected chi connectivity index (χ0v) is 14.3. The number of furan rings is 1. The lowest BCUT2D eigenvalue weighted by Gasteiger charge is -2.04. The molecule has 27 heavy (non-hydrogen) atoms. The molecule has 4 nitrogen and oxygen atoms in total. The Morgan fingerprint density at radius 1 is 0.852 bits per heavy atom. The molecular weight excluding hydrogens is 347 g/mol. The van der Waals surface area contributed by atoms with Crippen molar-refractivity contribution in [1.29, 1.82) is 0 Å². The topological polar surface area (TPSA) is 56.5 Å². The van der Waals surface area contributed by atoms with Crippen LogP contribution in [0.25, 0.3) is 21.9 Å². The summed E-state index contributed by atoms with van der Waals surface area (Å²) in [6.07, 6.45) is -0.0538. The third-order valence-electron chi connectivity index (χ3n) is 4.30. The molecular formula is C22H15FO4. The monoisotopic (exact) mass is 362 g/mol. The van der Waals surface area contributed by atoms with E-state index >= 15 is 0 Å². The third-order valence-corrected chi connectivity index (χ3v) is 4.30. The van der Waals surface area contributed by atoms with Gasteiger partial charge in [-0.15, -0.1) is 0 Å². The van der Waals surface area contributed by atoms with Gasteiger partial charge in [0.25, 0.3) is 0 Å². The minimum atomic E-state index is -0.502. The van der Waals surface area contributed by atoms with Crippen molar-refractivity contribution < 1.29 is 23.1 Å². The predicted octanol–water partition coefficient (Wildman–Crippen LogP) is 5.29. The van der Waals surface area contributed by atoms with Gasteiger partial charge in [0.05, 0.1) is 6.42 Å². The van der Waals surface area contributed by atoms with E-state index < -0.39 is 11.8 Å². The van der Waals surface area contributed by atoms with E-state index in [0.29, 0.717) is 16.9 Å². The fourth-order valence-corrected chi connectivity index (χ4v) is 2.95. The second-order valence-corrected chi connectivity index (χ2v) is 6.16. The smallest absolute Gasteiger partial charge is 0.311 e. The molecule has 0 aliphatic carbocycles. The van der Waals surface area contributed by atoms with Crippen LogP contribution in [0.3, 0.4) is 0 Å². The minimum absolute atomic E-state index is 0.00134. The van der Waals surface area contributed by atoms with Crippen LogP contribution in [0.1, 0.15) is 23.2 Å². The SMILES string of the molecule is O=C(CCC(=O)c1ccc(F)cc1)Oc1ccc2oc3ccccc3c2c1. The molecule has 1 aromatic heterocycles. The Bertz CT molecular complexity index is 1140. The maximum atomic E-state index is 12.9. The molecule has 0 N–H and O–H groups in total. The van der Waals surface area contributed by atoms with Crippen LogP contribution in [0.5, 0.6) is 5.75 Å². The Balaban J connectivity index is 1.44. The Hall–Kier alpha value is -3.47. The van der Waals surface area contributed by atoms with Gasteiger partial charge in [0.2, 0.25) is 0 Å². The summed E-state index contributed by atoms with van der Waals surface area (Å²) in [4.78, 5) is 24.1. The molecule has 5 heteroatoms. The lowest BCUT2D eigenvalue weighted by atomic mass is 10.1. The molecule has 0 aliphatic rings. The molecule has 3 aromatic carbocycles. The molecule has 1 heterocycles. The highest BCUT2D eigenvalue weighted by molar-refractivity contribution is 6.05. The lowest BCUT2D eigenvalue weighted by Crippen LogP contribution is -2.10. The zero-order chi connectivity index (χ0) is 18.8. The summed E-state index contributed by atoms with van der Waals surface area (Å²) in [6.45, 7) is 0. The fourth-order valence-electron chi connectivity index (χ4n) is 2.95. The normalized spacial score (nSPS) is 11.0. The van der Waals surface area contributed by atoms with Crippen molar-refractivity contribution >= 4 is 33.7 Å². The average molecular weight is 362 g/mol. The number of esters is 1. The number of hydrogen-bond donors (Lipinski definition) is 0. The van der Waals surface area contributed by atoms with Gasteiger partial charge >= 0.3 is 5.97 Å². The van der Waals surface area contributed by atoms with Crippen LogP contribution in [0.2, 0.25) is 0 Å². The van der Waals surface area contributed by atoms with Crippen molar-refractivity contribution in [2.45, 2.75) is 12.8 Å². The molecule has 0 fully saturated rings. The first kappa shape index (κ1) is 17.0. The number of ether oxygens (including phenoxy) is 1. The van der Waals surface area contributed by atoms with E-state index in [9.17, 15) is 14.0 Å². The van der Waals surface area contributed by atoms with Gasteiger partial charge in [-0.3, -0.25) is 9.59 Å². The number of carbonyl (C=O) groups is 2. The van der Waals surface area contributed by atoms with Crippen LogP contribution >= 0.6 is 0 Å². The largest absolute Gasteiger partial charge is 0.456 e. The number of ketones is 1. The summed E-state index contributed by atoms with van der Waals surface area (Å²) in [5.74, 6) is -0.748. The highest BCUT2D eigenvalue weighted by Crippen LogP contribution is 2.31. The number of para-hydroxylation sites is 1. The summed E-state index contributed by atoms with van der Waals surface area (Å²) in [7, 11) is 0. The van der Waals surface area contributed by atoms with Crippen LogP contribution in [-0.2, 0) is 4.79 Å². The maximum Gasteiger partial charge on any atom is 0.311 e. The van der Waals surface area contributed by atoms with Gasteiger partial charge < -0.3 is 9.15 Å². The highest BCUT2D eigenvalue weighted by Gasteiger charge is 2.13.